The Morgan fingerprint density at radius 1 is 1.19 bits per heavy atom. The number of hydrazine groups is 1. The van der Waals surface area contributed by atoms with Gasteiger partial charge in [-0.3, -0.25) is 5.84 Å². The molecule has 3 N–H and O–H groups in total. The summed E-state index contributed by atoms with van der Waals surface area (Å²) in [5.41, 5.74) is 4.73. The summed E-state index contributed by atoms with van der Waals surface area (Å²) in [5, 5.41) is 0. The molecule has 4 heteroatoms. The molecule has 1 heterocycles. The van der Waals surface area contributed by atoms with E-state index in [-0.39, 0.29) is 6.04 Å². The van der Waals surface area contributed by atoms with Gasteiger partial charge in [-0.05, 0) is 18.6 Å². The topological polar surface area (TPSA) is 63.8 Å². The summed E-state index contributed by atoms with van der Waals surface area (Å²) < 4.78 is 0. The number of aromatic nitrogens is 2. The molecule has 82 valence electrons. The maximum atomic E-state index is 5.58. The highest BCUT2D eigenvalue weighted by molar-refractivity contribution is 5.26. The molecule has 0 bridgehead atoms. The lowest BCUT2D eigenvalue weighted by atomic mass is 10.0. The maximum absolute atomic E-state index is 5.58. The molecule has 0 aliphatic carbocycles. The normalized spacial score (nSPS) is 12.4. The van der Waals surface area contributed by atoms with Crippen molar-refractivity contribution < 1.29 is 0 Å². The molecule has 2 aromatic rings. The van der Waals surface area contributed by atoms with Crippen molar-refractivity contribution in [3.63, 3.8) is 0 Å². The molecule has 0 aliphatic rings. The molecule has 1 aromatic carbocycles. The summed E-state index contributed by atoms with van der Waals surface area (Å²) >= 11 is 0. The minimum atomic E-state index is -0.0945. The van der Waals surface area contributed by atoms with Crippen molar-refractivity contribution in [2.24, 2.45) is 5.84 Å². The van der Waals surface area contributed by atoms with Crippen LogP contribution in [0, 0.1) is 6.92 Å². The molecular weight excluding hydrogens is 200 g/mol. The summed E-state index contributed by atoms with van der Waals surface area (Å²) in [6, 6.07) is 11.7. The predicted molar refractivity (Wildman–Crippen MR) is 62.4 cm³/mol. The standard InChI is InChI=1S/C12H14N4/c1-9-14-8-7-11(15-9)12(16-13)10-5-3-2-4-6-10/h2-8,12,16H,13H2,1H3. The molecule has 0 spiro atoms. The number of nitrogens with one attached hydrogen (secondary N) is 1. The van der Waals surface area contributed by atoms with Gasteiger partial charge in [-0.25, -0.2) is 15.4 Å². The highest BCUT2D eigenvalue weighted by atomic mass is 15.2. The summed E-state index contributed by atoms with van der Waals surface area (Å²) in [4.78, 5) is 8.44. The van der Waals surface area contributed by atoms with E-state index in [4.69, 9.17) is 5.84 Å². The van der Waals surface area contributed by atoms with Crippen LogP contribution in [0.2, 0.25) is 0 Å². The summed E-state index contributed by atoms with van der Waals surface area (Å²) in [6.45, 7) is 1.86. The van der Waals surface area contributed by atoms with Crippen molar-refractivity contribution in [2.75, 3.05) is 0 Å². The first-order valence-electron chi connectivity index (χ1n) is 5.12. The summed E-state index contributed by atoms with van der Waals surface area (Å²) in [7, 11) is 0. The van der Waals surface area contributed by atoms with E-state index in [9.17, 15) is 0 Å². The Hall–Kier alpha value is -1.78. The zero-order chi connectivity index (χ0) is 11.4. The van der Waals surface area contributed by atoms with Gasteiger partial charge < -0.3 is 0 Å². The first kappa shape index (κ1) is 10.7. The fraction of sp³-hybridized carbons (Fsp3) is 0.167. The van der Waals surface area contributed by atoms with Crippen molar-refractivity contribution in [2.45, 2.75) is 13.0 Å². The van der Waals surface area contributed by atoms with Crippen molar-refractivity contribution in [1.29, 1.82) is 0 Å². The van der Waals surface area contributed by atoms with Gasteiger partial charge >= 0.3 is 0 Å². The Kier molecular flexibility index (Phi) is 3.24. The SMILES string of the molecule is Cc1nccc(C(NN)c2ccccc2)n1. The van der Waals surface area contributed by atoms with Gasteiger partial charge in [-0.15, -0.1) is 0 Å². The lowest BCUT2D eigenvalue weighted by Gasteiger charge is -2.15. The van der Waals surface area contributed by atoms with Gasteiger partial charge in [0.05, 0.1) is 11.7 Å². The Balaban J connectivity index is 2.37. The molecule has 0 amide bonds. The second kappa shape index (κ2) is 4.83. The number of benzene rings is 1. The van der Waals surface area contributed by atoms with Crippen LogP contribution in [0.5, 0.6) is 0 Å². The van der Waals surface area contributed by atoms with Crippen LogP contribution < -0.4 is 11.3 Å². The van der Waals surface area contributed by atoms with Gasteiger partial charge in [0.2, 0.25) is 0 Å². The zero-order valence-electron chi connectivity index (χ0n) is 9.09. The third-order valence-corrected chi connectivity index (χ3v) is 2.39. The third kappa shape index (κ3) is 2.24. The van der Waals surface area contributed by atoms with Gasteiger partial charge in [0, 0.05) is 6.20 Å². The minimum Gasteiger partial charge on any atom is -0.271 e. The highest BCUT2D eigenvalue weighted by Gasteiger charge is 2.13. The Bertz CT molecular complexity index is 456. The van der Waals surface area contributed by atoms with Crippen LogP contribution >= 0.6 is 0 Å². The first-order valence-corrected chi connectivity index (χ1v) is 5.12. The monoisotopic (exact) mass is 214 g/mol. The van der Waals surface area contributed by atoms with Gasteiger partial charge in [0.15, 0.2) is 0 Å². The molecule has 2 rings (SSSR count). The molecule has 1 unspecified atom stereocenters. The molecule has 4 nitrogen and oxygen atoms in total. The van der Waals surface area contributed by atoms with E-state index >= 15 is 0 Å². The average molecular weight is 214 g/mol. The number of aryl methyl sites for hydroxylation is 1. The number of hydrogen-bond donors (Lipinski definition) is 2. The second-order valence-corrected chi connectivity index (χ2v) is 3.54. The van der Waals surface area contributed by atoms with Gasteiger partial charge in [0.25, 0.3) is 0 Å². The van der Waals surface area contributed by atoms with Crippen LogP contribution in [0.4, 0.5) is 0 Å². The van der Waals surface area contributed by atoms with Gasteiger partial charge in [0.1, 0.15) is 5.82 Å². The van der Waals surface area contributed by atoms with Crippen LogP contribution in [-0.4, -0.2) is 9.97 Å². The van der Waals surface area contributed by atoms with Gasteiger partial charge in [-0.2, -0.15) is 0 Å². The quantitative estimate of drug-likeness (QED) is 0.597. The van der Waals surface area contributed by atoms with Crippen LogP contribution in [0.15, 0.2) is 42.6 Å². The molecule has 16 heavy (non-hydrogen) atoms. The average Bonchev–Trinajstić information content (AvgIpc) is 2.31. The van der Waals surface area contributed by atoms with E-state index in [2.05, 4.69) is 15.4 Å². The smallest absolute Gasteiger partial charge is 0.125 e. The summed E-state index contributed by atoms with van der Waals surface area (Å²) in [5.74, 6) is 6.32. The number of nitrogens with zero attached hydrogens (tertiary/aromatic N) is 2. The Labute approximate surface area is 94.5 Å². The first-order chi connectivity index (χ1) is 7.81. The molecule has 0 radical (unpaired) electrons. The van der Waals surface area contributed by atoms with E-state index in [0.717, 1.165) is 17.1 Å². The molecule has 0 saturated carbocycles. The minimum absolute atomic E-state index is 0.0945. The number of hydrogen-bond acceptors (Lipinski definition) is 4. The molecule has 0 saturated heterocycles. The number of nitrogens with two attached hydrogens (primary N) is 1. The predicted octanol–water partition coefficient (Wildman–Crippen LogP) is 1.34. The van der Waals surface area contributed by atoms with Crippen LogP contribution in [0.1, 0.15) is 23.1 Å². The summed E-state index contributed by atoms with van der Waals surface area (Å²) in [6.07, 6.45) is 1.74. The van der Waals surface area contributed by atoms with Crippen molar-refractivity contribution in [3.8, 4) is 0 Å². The highest BCUT2D eigenvalue weighted by Crippen LogP contribution is 2.18. The van der Waals surface area contributed by atoms with Crippen LogP contribution in [0.3, 0.4) is 0 Å². The van der Waals surface area contributed by atoms with E-state index < -0.39 is 0 Å². The molecule has 0 aliphatic heterocycles. The molecular formula is C12H14N4. The fourth-order valence-electron chi connectivity index (χ4n) is 1.63. The Morgan fingerprint density at radius 2 is 1.94 bits per heavy atom. The molecule has 0 fully saturated rings. The van der Waals surface area contributed by atoms with E-state index in [0.29, 0.717) is 0 Å². The van der Waals surface area contributed by atoms with Crippen LogP contribution in [-0.2, 0) is 0 Å². The lowest BCUT2D eigenvalue weighted by Crippen LogP contribution is -2.29. The zero-order valence-corrected chi connectivity index (χ0v) is 9.09. The lowest BCUT2D eigenvalue weighted by molar-refractivity contribution is 0.616. The van der Waals surface area contributed by atoms with E-state index in [1.807, 2.05) is 43.3 Å². The van der Waals surface area contributed by atoms with Crippen molar-refractivity contribution in [1.82, 2.24) is 15.4 Å². The van der Waals surface area contributed by atoms with Crippen molar-refractivity contribution in [3.05, 3.63) is 59.7 Å². The Morgan fingerprint density at radius 3 is 2.56 bits per heavy atom. The fourth-order valence-corrected chi connectivity index (χ4v) is 1.63. The molecule has 1 aromatic heterocycles. The third-order valence-electron chi connectivity index (χ3n) is 2.39. The second-order valence-electron chi connectivity index (χ2n) is 3.54. The largest absolute Gasteiger partial charge is 0.271 e. The molecule has 1 atom stereocenters. The van der Waals surface area contributed by atoms with Gasteiger partial charge in [-0.1, -0.05) is 30.3 Å². The van der Waals surface area contributed by atoms with Crippen LogP contribution in [0.25, 0.3) is 0 Å². The van der Waals surface area contributed by atoms with E-state index in [1.165, 1.54) is 0 Å². The van der Waals surface area contributed by atoms with E-state index in [1.54, 1.807) is 6.20 Å². The number of rotatable bonds is 3. The van der Waals surface area contributed by atoms with Crippen molar-refractivity contribution >= 4 is 0 Å². The maximum Gasteiger partial charge on any atom is 0.125 e.